The van der Waals surface area contributed by atoms with E-state index >= 15 is 0 Å². The van der Waals surface area contributed by atoms with Crippen LogP contribution >= 0.6 is 0 Å². The molecule has 0 saturated carbocycles. The Morgan fingerprint density at radius 1 is 1.40 bits per heavy atom. The number of anilines is 1. The second kappa shape index (κ2) is 5.98. The fraction of sp³-hybridized carbons (Fsp3) is 0.462. The number of rotatable bonds is 4. The third-order valence-corrected chi connectivity index (χ3v) is 3.67. The number of nitro groups is 1. The zero-order valence-electron chi connectivity index (χ0n) is 11.0. The number of ether oxygens (including phenoxy) is 1. The van der Waals surface area contributed by atoms with Crippen LogP contribution in [0.15, 0.2) is 24.3 Å². The molecule has 0 aliphatic carbocycles. The van der Waals surface area contributed by atoms with Crippen LogP contribution in [0.1, 0.15) is 12.8 Å². The van der Waals surface area contributed by atoms with E-state index in [0.717, 1.165) is 0 Å². The molecule has 7 heteroatoms. The Labute approximate surface area is 116 Å². The Kier molecular flexibility index (Phi) is 4.31. The molecule has 7 nitrogen and oxygen atoms in total. The summed E-state index contributed by atoms with van der Waals surface area (Å²) < 4.78 is 5.25. The van der Waals surface area contributed by atoms with Gasteiger partial charge in [0, 0.05) is 25.8 Å². The van der Waals surface area contributed by atoms with Crippen molar-refractivity contribution in [3.05, 3.63) is 34.4 Å². The maximum absolute atomic E-state index is 12.4. The number of nitrogens with zero attached hydrogens (tertiary/aromatic N) is 1. The van der Waals surface area contributed by atoms with E-state index in [0.29, 0.717) is 26.1 Å². The molecule has 3 N–H and O–H groups in total. The van der Waals surface area contributed by atoms with E-state index in [-0.39, 0.29) is 23.8 Å². The molecule has 0 radical (unpaired) electrons. The monoisotopic (exact) mass is 279 g/mol. The van der Waals surface area contributed by atoms with E-state index in [4.69, 9.17) is 10.5 Å². The van der Waals surface area contributed by atoms with Gasteiger partial charge in [-0.3, -0.25) is 14.9 Å². The van der Waals surface area contributed by atoms with E-state index in [9.17, 15) is 14.9 Å². The molecule has 1 aliphatic rings. The standard InChI is InChI=1S/C13H17N3O4/c14-9-13(5-7-20-8-6-13)12(17)15-10-3-1-2-4-11(10)16(18)19/h1-4H,5-9,14H2,(H,15,17). The van der Waals surface area contributed by atoms with Crippen molar-refractivity contribution in [2.75, 3.05) is 25.1 Å². The van der Waals surface area contributed by atoms with Gasteiger partial charge in [-0.2, -0.15) is 0 Å². The molecule has 1 aliphatic heterocycles. The van der Waals surface area contributed by atoms with Crippen LogP contribution in [0.3, 0.4) is 0 Å². The molecule has 0 spiro atoms. The highest BCUT2D eigenvalue weighted by molar-refractivity contribution is 5.97. The molecule has 1 amide bonds. The van der Waals surface area contributed by atoms with Gasteiger partial charge >= 0.3 is 0 Å². The number of nitrogens with one attached hydrogen (secondary N) is 1. The van der Waals surface area contributed by atoms with Crippen LogP contribution in [0, 0.1) is 15.5 Å². The number of hydrogen-bond donors (Lipinski definition) is 2. The minimum absolute atomic E-state index is 0.125. The number of amides is 1. The Hall–Kier alpha value is -1.99. The third-order valence-electron chi connectivity index (χ3n) is 3.67. The lowest BCUT2D eigenvalue weighted by Gasteiger charge is -2.34. The summed E-state index contributed by atoms with van der Waals surface area (Å²) >= 11 is 0. The first kappa shape index (κ1) is 14.4. The number of hydrogen-bond acceptors (Lipinski definition) is 5. The van der Waals surface area contributed by atoms with Crippen molar-refractivity contribution in [1.29, 1.82) is 0 Å². The second-order valence-electron chi connectivity index (χ2n) is 4.83. The number of benzene rings is 1. The van der Waals surface area contributed by atoms with Crippen LogP contribution in [-0.4, -0.2) is 30.6 Å². The predicted octanol–water partition coefficient (Wildman–Crippen LogP) is 1.29. The fourth-order valence-electron chi connectivity index (χ4n) is 2.28. The van der Waals surface area contributed by atoms with Crippen molar-refractivity contribution >= 4 is 17.3 Å². The highest BCUT2D eigenvalue weighted by Crippen LogP contribution is 2.32. The summed E-state index contributed by atoms with van der Waals surface area (Å²) in [6.45, 7) is 1.14. The van der Waals surface area contributed by atoms with Crippen LogP contribution in [0.2, 0.25) is 0 Å². The molecule has 108 valence electrons. The van der Waals surface area contributed by atoms with Gasteiger partial charge in [-0.1, -0.05) is 12.1 Å². The first-order valence-corrected chi connectivity index (χ1v) is 6.42. The van der Waals surface area contributed by atoms with E-state index in [1.165, 1.54) is 12.1 Å². The molecule has 0 bridgehead atoms. The van der Waals surface area contributed by atoms with Gasteiger partial charge in [-0.15, -0.1) is 0 Å². The topological polar surface area (TPSA) is 107 Å². The summed E-state index contributed by atoms with van der Waals surface area (Å²) in [5.41, 5.74) is 5.11. The van der Waals surface area contributed by atoms with Crippen LogP contribution in [-0.2, 0) is 9.53 Å². The summed E-state index contributed by atoms with van der Waals surface area (Å²) in [4.78, 5) is 22.8. The Morgan fingerprint density at radius 2 is 2.05 bits per heavy atom. The van der Waals surface area contributed by atoms with Crippen LogP contribution < -0.4 is 11.1 Å². The molecule has 0 unspecified atom stereocenters. The molecular formula is C13H17N3O4. The van der Waals surface area contributed by atoms with Gasteiger partial charge in [0.05, 0.1) is 10.3 Å². The van der Waals surface area contributed by atoms with E-state index < -0.39 is 10.3 Å². The summed E-state index contributed by atoms with van der Waals surface area (Å²) in [7, 11) is 0. The van der Waals surface area contributed by atoms with Crippen molar-refractivity contribution in [2.45, 2.75) is 12.8 Å². The van der Waals surface area contributed by atoms with Crippen molar-refractivity contribution < 1.29 is 14.5 Å². The van der Waals surface area contributed by atoms with E-state index in [2.05, 4.69) is 5.32 Å². The third kappa shape index (κ3) is 2.78. The highest BCUT2D eigenvalue weighted by atomic mass is 16.6. The number of para-hydroxylation sites is 2. The first-order valence-electron chi connectivity index (χ1n) is 6.42. The largest absolute Gasteiger partial charge is 0.381 e. The fourth-order valence-corrected chi connectivity index (χ4v) is 2.28. The van der Waals surface area contributed by atoms with Gasteiger partial charge < -0.3 is 15.8 Å². The summed E-state index contributed by atoms with van der Waals surface area (Å²) in [5.74, 6) is -0.280. The quantitative estimate of drug-likeness (QED) is 0.637. The van der Waals surface area contributed by atoms with Crippen LogP contribution in [0.5, 0.6) is 0 Å². The minimum atomic E-state index is -0.706. The van der Waals surface area contributed by atoms with Gasteiger partial charge in [0.25, 0.3) is 5.69 Å². The summed E-state index contributed by atoms with van der Waals surface area (Å²) in [5, 5.41) is 13.6. The molecule has 1 heterocycles. The molecule has 0 aromatic heterocycles. The lowest BCUT2D eigenvalue weighted by Crippen LogP contribution is -2.46. The average Bonchev–Trinajstić information content (AvgIpc) is 2.48. The zero-order chi connectivity index (χ0) is 14.6. The highest BCUT2D eigenvalue weighted by Gasteiger charge is 2.39. The lowest BCUT2D eigenvalue weighted by atomic mass is 9.79. The number of carbonyl (C=O) groups is 1. The number of nitro benzene ring substituents is 1. The molecular weight excluding hydrogens is 262 g/mol. The second-order valence-corrected chi connectivity index (χ2v) is 4.83. The van der Waals surface area contributed by atoms with Gasteiger partial charge in [-0.25, -0.2) is 0 Å². The Balaban J connectivity index is 2.20. The van der Waals surface area contributed by atoms with Crippen molar-refractivity contribution in [3.63, 3.8) is 0 Å². The van der Waals surface area contributed by atoms with Crippen molar-refractivity contribution in [3.8, 4) is 0 Å². The molecule has 20 heavy (non-hydrogen) atoms. The summed E-state index contributed by atoms with van der Waals surface area (Å²) in [6.07, 6.45) is 1.05. The van der Waals surface area contributed by atoms with Gasteiger partial charge in [0.15, 0.2) is 0 Å². The smallest absolute Gasteiger partial charge is 0.292 e. The molecule has 1 saturated heterocycles. The lowest BCUT2D eigenvalue weighted by molar-refractivity contribution is -0.383. The number of carbonyl (C=O) groups excluding carboxylic acids is 1. The normalized spacial score (nSPS) is 17.4. The summed E-state index contributed by atoms with van der Waals surface area (Å²) in [6, 6.07) is 6.07. The van der Waals surface area contributed by atoms with Crippen molar-refractivity contribution in [2.24, 2.45) is 11.1 Å². The van der Waals surface area contributed by atoms with E-state index in [1.807, 2.05) is 0 Å². The van der Waals surface area contributed by atoms with Crippen LogP contribution in [0.4, 0.5) is 11.4 Å². The first-order chi connectivity index (χ1) is 9.59. The maximum atomic E-state index is 12.4. The molecule has 0 atom stereocenters. The Morgan fingerprint density at radius 3 is 2.65 bits per heavy atom. The molecule has 1 fully saturated rings. The maximum Gasteiger partial charge on any atom is 0.292 e. The van der Waals surface area contributed by atoms with Gasteiger partial charge in [0.2, 0.25) is 5.91 Å². The zero-order valence-corrected chi connectivity index (χ0v) is 11.0. The van der Waals surface area contributed by atoms with Crippen LogP contribution in [0.25, 0.3) is 0 Å². The minimum Gasteiger partial charge on any atom is -0.381 e. The average molecular weight is 279 g/mol. The predicted molar refractivity (Wildman–Crippen MR) is 73.3 cm³/mol. The Bertz CT molecular complexity index is 512. The SMILES string of the molecule is NCC1(C(=O)Nc2ccccc2[N+](=O)[O-])CCOCC1. The molecule has 1 aromatic carbocycles. The van der Waals surface area contributed by atoms with Gasteiger partial charge in [-0.05, 0) is 18.9 Å². The molecule has 1 aromatic rings. The van der Waals surface area contributed by atoms with Gasteiger partial charge in [0.1, 0.15) is 5.69 Å². The molecule has 2 rings (SSSR count). The van der Waals surface area contributed by atoms with Crippen molar-refractivity contribution in [1.82, 2.24) is 0 Å². The van der Waals surface area contributed by atoms with E-state index in [1.54, 1.807) is 12.1 Å². The number of nitrogens with two attached hydrogens (primary N) is 1.